The molecular formula is C12H18N2O2S. The number of amides is 1. The van der Waals surface area contributed by atoms with E-state index in [4.69, 9.17) is 0 Å². The van der Waals surface area contributed by atoms with Gasteiger partial charge >= 0.3 is 0 Å². The molecule has 1 aliphatic heterocycles. The molecule has 5 heteroatoms. The third-order valence-corrected chi connectivity index (χ3v) is 4.14. The predicted molar refractivity (Wildman–Crippen MR) is 68.0 cm³/mol. The number of nitrogens with zero attached hydrogens (tertiary/aromatic N) is 1. The molecule has 2 N–H and O–H groups in total. The maximum Gasteiger partial charge on any atom is 0.225 e. The van der Waals surface area contributed by atoms with Gasteiger partial charge in [0.1, 0.15) is 5.60 Å². The summed E-state index contributed by atoms with van der Waals surface area (Å²) in [6, 6.07) is 3.76. The molecule has 1 fully saturated rings. The van der Waals surface area contributed by atoms with E-state index in [1.54, 1.807) is 6.92 Å². The lowest BCUT2D eigenvalue weighted by Crippen LogP contribution is -2.47. The molecule has 0 spiro atoms. The van der Waals surface area contributed by atoms with Crippen molar-refractivity contribution in [2.75, 3.05) is 26.2 Å². The number of rotatable bonds is 3. The largest absolute Gasteiger partial charge is 0.384 e. The maximum absolute atomic E-state index is 12.1. The summed E-state index contributed by atoms with van der Waals surface area (Å²) in [5.74, 6) is 0.0323. The van der Waals surface area contributed by atoms with Crippen LogP contribution in [0.15, 0.2) is 17.5 Å². The first-order valence-corrected chi connectivity index (χ1v) is 6.72. The molecule has 1 unspecified atom stereocenters. The second-order valence-corrected chi connectivity index (χ2v) is 5.51. The summed E-state index contributed by atoms with van der Waals surface area (Å²) in [4.78, 5) is 14.7. The molecule has 0 saturated carbocycles. The van der Waals surface area contributed by atoms with Crippen LogP contribution in [0.1, 0.15) is 18.2 Å². The lowest BCUT2D eigenvalue weighted by molar-refractivity contribution is -0.136. The number of hydrogen-bond donors (Lipinski definition) is 2. The van der Waals surface area contributed by atoms with E-state index in [1.165, 1.54) is 11.3 Å². The van der Waals surface area contributed by atoms with Gasteiger partial charge in [-0.15, -0.1) is 11.3 Å². The van der Waals surface area contributed by atoms with Gasteiger partial charge in [0, 0.05) is 31.1 Å². The van der Waals surface area contributed by atoms with Crippen LogP contribution in [0.25, 0.3) is 0 Å². The van der Waals surface area contributed by atoms with Gasteiger partial charge in [-0.1, -0.05) is 6.07 Å². The average molecular weight is 254 g/mol. The number of carbonyl (C=O) groups excluding carboxylic acids is 1. The van der Waals surface area contributed by atoms with Crippen molar-refractivity contribution in [1.82, 2.24) is 10.2 Å². The number of aliphatic hydroxyl groups is 1. The third-order valence-electron chi connectivity index (χ3n) is 3.02. The highest BCUT2D eigenvalue weighted by Crippen LogP contribution is 2.29. The first-order valence-electron chi connectivity index (χ1n) is 5.84. The standard InChI is InChI=1S/C12H18N2O2S/c1-12(16,10-3-2-8-17-10)9-11(15)14-6-4-13-5-7-14/h2-3,8,13,16H,4-7,9H2,1H3. The number of nitrogens with one attached hydrogen (secondary N) is 1. The van der Waals surface area contributed by atoms with Crippen molar-refractivity contribution in [3.05, 3.63) is 22.4 Å². The molecule has 0 bridgehead atoms. The van der Waals surface area contributed by atoms with E-state index in [0.717, 1.165) is 31.1 Å². The van der Waals surface area contributed by atoms with E-state index in [0.29, 0.717) is 0 Å². The minimum absolute atomic E-state index is 0.0323. The van der Waals surface area contributed by atoms with Crippen LogP contribution in [-0.2, 0) is 10.4 Å². The highest BCUT2D eigenvalue weighted by molar-refractivity contribution is 7.10. The van der Waals surface area contributed by atoms with Crippen LogP contribution >= 0.6 is 11.3 Å². The Balaban J connectivity index is 1.97. The van der Waals surface area contributed by atoms with Gasteiger partial charge in [0.25, 0.3) is 0 Å². The molecule has 0 radical (unpaired) electrons. The lowest BCUT2D eigenvalue weighted by atomic mass is 9.99. The van der Waals surface area contributed by atoms with Crippen molar-refractivity contribution in [3.8, 4) is 0 Å². The Morgan fingerprint density at radius 1 is 1.59 bits per heavy atom. The predicted octanol–water partition coefficient (Wildman–Crippen LogP) is 0.777. The molecule has 4 nitrogen and oxygen atoms in total. The van der Waals surface area contributed by atoms with Gasteiger partial charge in [0.15, 0.2) is 0 Å². The number of carbonyl (C=O) groups is 1. The quantitative estimate of drug-likeness (QED) is 0.838. The molecule has 1 amide bonds. The van der Waals surface area contributed by atoms with Gasteiger partial charge in [-0.25, -0.2) is 0 Å². The Morgan fingerprint density at radius 2 is 2.29 bits per heavy atom. The van der Waals surface area contributed by atoms with Crippen molar-refractivity contribution in [3.63, 3.8) is 0 Å². The Kier molecular flexibility index (Phi) is 3.81. The molecule has 0 aromatic carbocycles. The molecule has 1 saturated heterocycles. The minimum Gasteiger partial charge on any atom is -0.384 e. The number of hydrogen-bond acceptors (Lipinski definition) is 4. The summed E-state index contributed by atoms with van der Waals surface area (Å²) in [6.45, 7) is 4.86. The van der Waals surface area contributed by atoms with E-state index in [2.05, 4.69) is 5.32 Å². The Bertz CT molecular complexity index is 370. The first kappa shape index (κ1) is 12.5. The van der Waals surface area contributed by atoms with Gasteiger partial charge in [0.2, 0.25) is 5.91 Å². The molecule has 94 valence electrons. The fraction of sp³-hybridized carbons (Fsp3) is 0.583. The highest BCUT2D eigenvalue weighted by atomic mass is 32.1. The van der Waals surface area contributed by atoms with Crippen LogP contribution in [-0.4, -0.2) is 42.1 Å². The lowest BCUT2D eigenvalue weighted by Gasteiger charge is -2.30. The Labute approximate surface area is 105 Å². The van der Waals surface area contributed by atoms with Crippen molar-refractivity contribution in [1.29, 1.82) is 0 Å². The first-order chi connectivity index (χ1) is 8.09. The van der Waals surface area contributed by atoms with E-state index >= 15 is 0 Å². The molecule has 1 aromatic rings. The van der Waals surface area contributed by atoms with Crippen LogP contribution in [0.5, 0.6) is 0 Å². The molecule has 1 aromatic heterocycles. The van der Waals surface area contributed by atoms with Crippen LogP contribution in [0.2, 0.25) is 0 Å². The van der Waals surface area contributed by atoms with Gasteiger partial charge in [-0.3, -0.25) is 4.79 Å². The number of piperazine rings is 1. The second kappa shape index (κ2) is 5.16. The van der Waals surface area contributed by atoms with E-state index in [1.807, 2.05) is 22.4 Å². The van der Waals surface area contributed by atoms with Crippen molar-refractivity contribution >= 4 is 17.2 Å². The van der Waals surface area contributed by atoms with Crippen molar-refractivity contribution in [2.45, 2.75) is 18.9 Å². The molecule has 2 heterocycles. The minimum atomic E-state index is -1.05. The van der Waals surface area contributed by atoms with Gasteiger partial charge in [-0.2, -0.15) is 0 Å². The zero-order valence-corrected chi connectivity index (χ0v) is 10.8. The molecular weight excluding hydrogens is 236 g/mol. The molecule has 0 aliphatic carbocycles. The highest BCUT2D eigenvalue weighted by Gasteiger charge is 2.30. The molecule has 17 heavy (non-hydrogen) atoms. The molecule has 1 aliphatic rings. The van der Waals surface area contributed by atoms with Gasteiger partial charge in [-0.05, 0) is 18.4 Å². The van der Waals surface area contributed by atoms with Crippen LogP contribution < -0.4 is 5.32 Å². The SMILES string of the molecule is CC(O)(CC(=O)N1CCNCC1)c1cccs1. The fourth-order valence-corrected chi connectivity index (χ4v) is 2.78. The van der Waals surface area contributed by atoms with Gasteiger partial charge < -0.3 is 15.3 Å². The summed E-state index contributed by atoms with van der Waals surface area (Å²) >= 11 is 1.49. The Hall–Kier alpha value is -0.910. The summed E-state index contributed by atoms with van der Waals surface area (Å²) in [6.07, 6.45) is 0.160. The Morgan fingerprint density at radius 3 is 2.88 bits per heavy atom. The maximum atomic E-state index is 12.1. The van der Waals surface area contributed by atoms with E-state index in [-0.39, 0.29) is 12.3 Å². The van der Waals surface area contributed by atoms with Gasteiger partial charge in [0.05, 0.1) is 6.42 Å². The van der Waals surface area contributed by atoms with E-state index in [9.17, 15) is 9.90 Å². The fourth-order valence-electron chi connectivity index (χ4n) is 1.99. The van der Waals surface area contributed by atoms with Crippen LogP contribution in [0, 0.1) is 0 Å². The topological polar surface area (TPSA) is 52.6 Å². The van der Waals surface area contributed by atoms with E-state index < -0.39 is 5.60 Å². The van der Waals surface area contributed by atoms with Crippen LogP contribution in [0.3, 0.4) is 0 Å². The zero-order valence-electron chi connectivity index (χ0n) is 9.98. The summed E-state index contributed by atoms with van der Waals surface area (Å²) in [5.41, 5.74) is -1.05. The molecule has 1 atom stereocenters. The normalized spacial score (nSPS) is 20.0. The third kappa shape index (κ3) is 3.06. The molecule has 2 rings (SSSR count). The average Bonchev–Trinajstić information content (AvgIpc) is 2.84. The second-order valence-electron chi connectivity index (χ2n) is 4.56. The summed E-state index contributed by atoms with van der Waals surface area (Å²) in [7, 11) is 0. The van der Waals surface area contributed by atoms with Crippen molar-refractivity contribution < 1.29 is 9.90 Å². The zero-order chi connectivity index (χ0) is 12.3. The van der Waals surface area contributed by atoms with Crippen LogP contribution in [0.4, 0.5) is 0 Å². The summed E-state index contributed by atoms with van der Waals surface area (Å²) in [5, 5.41) is 15.4. The monoisotopic (exact) mass is 254 g/mol. The number of thiophene rings is 1. The smallest absolute Gasteiger partial charge is 0.225 e. The summed E-state index contributed by atoms with van der Waals surface area (Å²) < 4.78 is 0. The van der Waals surface area contributed by atoms with Crippen molar-refractivity contribution in [2.24, 2.45) is 0 Å².